The van der Waals surface area contributed by atoms with Gasteiger partial charge in [-0.2, -0.15) is 0 Å². The Morgan fingerprint density at radius 1 is 0.800 bits per heavy atom. The number of methoxy groups -OCH3 is 2. The minimum Gasteiger partial charge on any atom is -0.497 e. The largest absolute Gasteiger partial charge is 0.497 e. The van der Waals surface area contributed by atoms with E-state index in [9.17, 15) is 10.1 Å². The van der Waals surface area contributed by atoms with E-state index in [-0.39, 0.29) is 31.4 Å². The number of nitro benzene ring substituents is 1. The number of aliphatic hydroxyl groups excluding tert-OH is 1. The average molecular weight is 544 g/mol. The second-order valence-corrected chi connectivity index (χ2v) is 9.27. The molecule has 8 nitrogen and oxygen atoms in total. The van der Waals surface area contributed by atoms with Gasteiger partial charge in [0.2, 0.25) is 0 Å². The van der Waals surface area contributed by atoms with Gasteiger partial charge in [-0.15, -0.1) is 0 Å². The maximum absolute atomic E-state index is 11.9. The molecule has 0 aliphatic rings. The Morgan fingerprint density at radius 2 is 1.32 bits per heavy atom. The second-order valence-electron chi connectivity index (χ2n) is 9.27. The summed E-state index contributed by atoms with van der Waals surface area (Å²) in [5, 5.41) is 21.0. The summed E-state index contributed by atoms with van der Waals surface area (Å²) in [6.45, 7) is 1.97. The van der Waals surface area contributed by atoms with Crippen molar-refractivity contribution in [2.24, 2.45) is 0 Å². The van der Waals surface area contributed by atoms with Crippen LogP contribution >= 0.6 is 0 Å². The number of ether oxygens (including phenoxy) is 4. The van der Waals surface area contributed by atoms with Gasteiger partial charge in [0, 0.05) is 17.5 Å². The standard InChI is InChI=1S/C32H33NO7/c1-23(30-21-29(39-20-19-34)17-18-31(30)33(35)36)22-40-32(24-7-5-4-6-8-24,25-9-13-27(37-2)14-10-25)26-11-15-28(38-3)16-12-26/h4-18,21,23,34H,19-20,22H2,1-3H3. The summed E-state index contributed by atoms with van der Waals surface area (Å²) in [6.07, 6.45) is 0. The van der Waals surface area contributed by atoms with Crippen molar-refractivity contribution in [1.29, 1.82) is 0 Å². The van der Waals surface area contributed by atoms with Crippen molar-refractivity contribution < 1.29 is 29.0 Å². The van der Waals surface area contributed by atoms with E-state index in [1.54, 1.807) is 20.3 Å². The molecule has 1 atom stereocenters. The summed E-state index contributed by atoms with van der Waals surface area (Å²) in [7, 11) is 3.23. The lowest BCUT2D eigenvalue weighted by Gasteiger charge is -2.37. The van der Waals surface area contributed by atoms with Gasteiger partial charge in [0.15, 0.2) is 0 Å². The first-order valence-electron chi connectivity index (χ1n) is 12.9. The second kappa shape index (κ2) is 13.1. The van der Waals surface area contributed by atoms with Gasteiger partial charge in [0.05, 0.1) is 32.4 Å². The normalized spacial score (nSPS) is 12.0. The highest BCUT2D eigenvalue weighted by molar-refractivity contribution is 5.50. The van der Waals surface area contributed by atoms with E-state index in [2.05, 4.69) is 0 Å². The Kier molecular flexibility index (Phi) is 9.37. The fraction of sp³-hybridized carbons (Fsp3) is 0.250. The summed E-state index contributed by atoms with van der Waals surface area (Å²) >= 11 is 0. The van der Waals surface area contributed by atoms with E-state index in [0.717, 1.165) is 16.7 Å². The molecule has 208 valence electrons. The lowest BCUT2D eigenvalue weighted by atomic mass is 9.79. The predicted octanol–water partition coefficient (Wildman–Crippen LogP) is 6.10. The van der Waals surface area contributed by atoms with Crippen LogP contribution in [0, 0.1) is 10.1 Å². The Labute approximate surface area is 233 Å². The first-order chi connectivity index (χ1) is 19.4. The van der Waals surface area contributed by atoms with Crippen LogP contribution in [-0.2, 0) is 10.3 Å². The van der Waals surface area contributed by atoms with Crippen LogP contribution in [0.3, 0.4) is 0 Å². The third kappa shape index (κ3) is 6.09. The summed E-state index contributed by atoms with van der Waals surface area (Å²) in [5.41, 5.74) is 2.04. The average Bonchev–Trinajstić information content (AvgIpc) is 3.01. The van der Waals surface area contributed by atoms with Crippen molar-refractivity contribution in [3.8, 4) is 17.2 Å². The minimum absolute atomic E-state index is 0.0216. The van der Waals surface area contributed by atoms with Gasteiger partial charge in [0.1, 0.15) is 29.5 Å². The van der Waals surface area contributed by atoms with E-state index in [4.69, 9.17) is 24.1 Å². The molecule has 0 spiro atoms. The molecule has 4 aromatic rings. The number of aliphatic hydroxyl groups is 1. The molecular weight excluding hydrogens is 510 g/mol. The molecule has 0 aromatic heterocycles. The molecule has 0 bridgehead atoms. The van der Waals surface area contributed by atoms with Crippen LogP contribution in [-0.4, -0.2) is 44.1 Å². The highest BCUT2D eigenvalue weighted by Gasteiger charge is 2.38. The predicted molar refractivity (Wildman–Crippen MR) is 152 cm³/mol. The van der Waals surface area contributed by atoms with Gasteiger partial charge in [-0.25, -0.2) is 0 Å². The van der Waals surface area contributed by atoms with Gasteiger partial charge in [-0.3, -0.25) is 10.1 Å². The molecule has 0 aliphatic carbocycles. The zero-order chi connectivity index (χ0) is 28.5. The Morgan fingerprint density at radius 3 is 1.82 bits per heavy atom. The van der Waals surface area contributed by atoms with Crippen molar-refractivity contribution in [2.75, 3.05) is 34.0 Å². The Bertz CT molecular complexity index is 1340. The van der Waals surface area contributed by atoms with E-state index in [1.807, 2.05) is 85.8 Å². The first kappa shape index (κ1) is 28.6. The summed E-state index contributed by atoms with van der Waals surface area (Å²) in [5.74, 6) is 1.49. The van der Waals surface area contributed by atoms with Crippen molar-refractivity contribution in [2.45, 2.75) is 18.4 Å². The first-order valence-corrected chi connectivity index (χ1v) is 12.9. The summed E-state index contributed by atoms with van der Waals surface area (Å²) in [6, 6.07) is 29.9. The number of hydrogen-bond donors (Lipinski definition) is 1. The van der Waals surface area contributed by atoms with Crippen LogP contribution in [0.4, 0.5) is 5.69 Å². The quantitative estimate of drug-likeness (QED) is 0.124. The summed E-state index contributed by atoms with van der Waals surface area (Å²) in [4.78, 5) is 11.5. The fourth-order valence-electron chi connectivity index (χ4n) is 4.76. The van der Waals surface area contributed by atoms with Gasteiger partial charge >= 0.3 is 0 Å². The molecule has 0 amide bonds. The van der Waals surface area contributed by atoms with Crippen molar-refractivity contribution in [3.05, 3.63) is 129 Å². The van der Waals surface area contributed by atoms with E-state index < -0.39 is 10.5 Å². The molecule has 4 rings (SSSR count). The van der Waals surface area contributed by atoms with Crippen molar-refractivity contribution >= 4 is 5.69 Å². The minimum atomic E-state index is -1.05. The SMILES string of the molecule is COc1ccc(C(OCC(C)c2cc(OCCO)ccc2[N+](=O)[O-])(c2ccccc2)c2ccc(OC)cc2)cc1. The highest BCUT2D eigenvalue weighted by Crippen LogP contribution is 2.43. The van der Waals surface area contributed by atoms with Crippen LogP contribution in [0.5, 0.6) is 17.2 Å². The van der Waals surface area contributed by atoms with E-state index >= 15 is 0 Å². The third-order valence-electron chi connectivity index (χ3n) is 6.81. The summed E-state index contributed by atoms with van der Waals surface area (Å²) < 4.78 is 23.3. The van der Waals surface area contributed by atoms with Crippen LogP contribution in [0.1, 0.15) is 35.1 Å². The molecule has 4 aromatic carbocycles. The topological polar surface area (TPSA) is 100 Å². The number of benzene rings is 4. The van der Waals surface area contributed by atoms with Crippen LogP contribution < -0.4 is 14.2 Å². The molecule has 0 saturated heterocycles. The highest BCUT2D eigenvalue weighted by atomic mass is 16.6. The zero-order valence-corrected chi connectivity index (χ0v) is 22.8. The maximum Gasteiger partial charge on any atom is 0.273 e. The number of nitro groups is 1. The van der Waals surface area contributed by atoms with E-state index in [1.165, 1.54) is 12.1 Å². The van der Waals surface area contributed by atoms with Crippen molar-refractivity contribution in [3.63, 3.8) is 0 Å². The monoisotopic (exact) mass is 543 g/mol. The molecule has 40 heavy (non-hydrogen) atoms. The van der Waals surface area contributed by atoms with Gasteiger partial charge in [0.25, 0.3) is 5.69 Å². The third-order valence-corrected chi connectivity index (χ3v) is 6.81. The lowest BCUT2D eigenvalue weighted by molar-refractivity contribution is -0.385. The number of hydrogen-bond acceptors (Lipinski definition) is 7. The Hall–Kier alpha value is -4.40. The van der Waals surface area contributed by atoms with E-state index in [0.29, 0.717) is 22.8 Å². The number of rotatable bonds is 13. The zero-order valence-electron chi connectivity index (χ0n) is 22.8. The number of nitrogens with zero attached hydrogens (tertiary/aromatic N) is 1. The molecule has 0 radical (unpaired) electrons. The van der Waals surface area contributed by atoms with Crippen LogP contribution in [0.2, 0.25) is 0 Å². The maximum atomic E-state index is 11.9. The molecule has 1 unspecified atom stereocenters. The van der Waals surface area contributed by atoms with Gasteiger partial charge < -0.3 is 24.1 Å². The Balaban J connectivity index is 1.82. The lowest BCUT2D eigenvalue weighted by Crippen LogP contribution is -2.34. The molecular formula is C32H33NO7. The van der Waals surface area contributed by atoms with Crippen LogP contribution in [0.15, 0.2) is 97.1 Å². The van der Waals surface area contributed by atoms with Gasteiger partial charge in [-0.1, -0.05) is 61.5 Å². The molecule has 0 fully saturated rings. The molecule has 0 saturated carbocycles. The van der Waals surface area contributed by atoms with Crippen LogP contribution in [0.25, 0.3) is 0 Å². The molecule has 8 heteroatoms. The molecule has 0 heterocycles. The molecule has 1 N–H and O–H groups in total. The smallest absolute Gasteiger partial charge is 0.273 e. The fourth-order valence-corrected chi connectivity index (χ4v) is 4.76. The molecule has 0 aliphatic heterocycles. The van der Waals surface area contributed by atoms with Gasteiger partial charge in [-0.05, 0) is 53.1 Å². The van der Waals surface area contributed by atoms with Crippen molar-refractivity contribution in [1.82, 2.24) is 0 Å².